The first-order valence-electron chi connectivity index (χ1n) is 5.80. The molecule has 0 bridgehead atoms. The van der Waals surface area contributed by atoms with Gasteiger partial charge < -0.3 is 0 Å². The maximum atomic E-state index is 12.8. The number of rotatable bonds is 5. The highest BCUT2D eigenvalue weighted by molar-refractivity contribution is 9.10. The molecular formula is C13H16BrF3. The molecule has 0 heterocycles. The summed E-state index contributed by atoms with van der Waals surface area (Å²) < 4.78 is 38.8. The van der Waals surface area contributed by atoms with Gasteiger partial charge in [-0.1, -0.05) is 48.2 Å². The van der Waals surface area contributed by atoms with Crippen LogP contribution in [-0.2, 0) is 12.6 Å². The first kappa shape index (κ1) is 14.6. The molecule has 1 aromatic rings. The van der Waals surface area contributed by atoms with E-state index in [9.17, 15) is 13.2 Å². The van der Waals surface area contributed by atoms with Crippen molar-refractivity contribution in [2.24, 2.45) is 0 Å². The Morgan fingerprint density at radius 2 is 1.82 bits per heavy atom. The van der Waals surface area contributed by atoms with E-state index >= 15 is 0 Å². The van der Waals surface area contributed by atoms with Crippen molar-refractivity contribution >= 4 is 15.9 Å². The van der Waals surface area contributed by atoms with E-state index in [4.69, 9.17) is 0 Å². The lowest BCUT2D eigenvalue weighted by Gasteiger charge is -2.13. The van der Waals surface area contributed by atoms with Crippen LogP contribution in [0.4, 0.5) is 13.2 Å². The number of halogens is 4. The van der Waals surface area contributed by atoms with Gasteiger partial charge in [0.05, 0.1) is 5.56 Å². The number of aryl methyl sites for hydroxylation is 1. The van der Waals surface area contributed by atoms with E-state index in [-0.39, 0.29) is 0 Å². The zero-order valence-corrected chi connectivity index (χ0v) is 11.4. The largest absolute Gasteiger partial charge is 0.416 e. The van der Waals surface area contributed by atoms with Crippen LogP contribution in [0.2, 0.25) is 0 Å². The second-order valence-electron chi connectivity index (χ2n) is 4.11. The summed E-state index contributed by atoms with van der Waals surface area (Å²) in [6.07, 6.45) is 0.221. The van der Waals surface area contributed by atoms with Crippen LogP contribution < -0.4 is 0 Å². The van der Waals surface area contributed by atoms with Crippen molar-refractivity contribution in [2.75, 3.05) is 0 Å². The van der Waals surface area contributed by atoms with Crippen LogP contribution in [0.1, 0.15) is 43.7 Å². The minimum absolute atomic E-state index is 0.400. The van der Waals surface area contributed by atoms with Gasteiger partial charge in [0.2, 0.25) is 0 Å². The van der Waals surface area contributed by atoms with Gasteiger partial charge in [-0.05, 0) is 30.5 Å². The summed E-state index contributed by atoms with van der Waals surface area (Å²) in [5.41, 5.74) is -0.111. The smallest absolute Gasteiger partial charge is 0.166 e. The Hall–Kier alpha value is -0.510. The molecule has 0 aliphatic rings. The molecule has 0 unspecified atom stereocenters. The molecule has 0 saturated carbocycles. The van der Waals surface area contributed by atoms with Crippen molar-refractivity contribution in [2.45, 2.75) is 45.2 Å². The van der Waals surface area contributed by atoms with Crippen LogP contribution in [0.25, 0.3) is 0 Å². The molecule has 96 valence electrons. The average Bonchev–Trinajstić information content (AvgIpc) is 2.25. The SMILES string of the molecule is CCCCCCc1ccc(Br)cc1C(F)(F)F. The molecule has 1 rings (SSSR count). The Morgan fingerprint density at radius 3 is 2.41 bits per heavy atom. The molecular weight excluding hydrogens is 293 g/mol. The maximum absolute atomic E-state index is 12.8. The summed E-state index contributed by atoms with van der Waals surface area (Å²) >= 11 is 3.08. The second-order valence-corrected chi connectivity index (χ2v) is 5.03. The van der Waals surface area contributed by atoms with Crippen LogP contribution in [0.5, 0.6) is 0 Å². The molecule has 4 heteroatoms. The number of unbranched alkanes of at least 4 members (excludes halogenated alkanes) is 3. The monoisotopic (exact) mass is 308 g/mol. The van der Waals surface area contributed by atoms with Gasteiger partial charge in [0, 0.05) is 4.47 Å². The van der Waals surface area contributed by atoms with Gasteiger partial charge in [0.25, 0.3) is 0 Å². The van der Waals surface area contributed by atoms with E-state index in [1.165, 1.54) is 0 Å². The molecule has 0 amide bonds. The van der Waals surface area contributed by atoms with Crippen molar-refractivity contribution < 1.29 is 13.2 Å². The van der Waals surface area contributed by atoms with E-state index in [0.29, 0.717) is 16.5 Å². The molecule has 0 aromatic heterocycles. The minimum Gasteiger partial charge on any atom is -0.166 e. The predicted octanol–water partition coefficient (Wildman–Crippen LogP) is 5.59. The summed E-state index contributed by atoms with van der Waals surface area (Å²) in [6, 6.07) is 4.40. The zero-order valence-electron chi connectivity index (χ0n) is 9.78. The molecule has 0 fully saturated rings. The van der Waals surface area contributed by atoms with E-state index in [2.05, 4.69) is 22.9 Å². The van der Waals surface area contributed by atoms with Crippen molar-refractivity contribution in [3.8, 4) is 0 Å². The van der Waals surface area contributed by atoms with Gasteiger partial charge in [-0.2, -0.15) is 13.2 Å². The van der Waals surface area contributed by atoms with Crippen LogP contribution in [0, 0.1) is 0 Å². The normalized spacial score (nSPS) is 11.8. The molecule has 0 aliphatic carbocycles. The van der Waals surface area contributed by atoms with Crippen LogP contribution in [0.3, 0.4) is 0 Å². The summed E-state index contributed by atoms with van der Waals surface area (Å²) in [5.74, 6) is 0. The zero-order chi connectivity index (χ0) is 12.9. The molecule has 0 radical (unpaired) electrons. The van der Waals surface area contributed by atoms with Crippen LogP contribution in [0.15, 0.2) is 22.7 Å². The average molecular weight is 309 g/mol. The highest BCUT2D eigenvalue weighted by Gasteiger charge is 2.33. The van der Waals surface area contributed by atoms with Crippen LogP contribution in [-0.4, -0.2) is 0 Å². The standard InChI is InChI=1S/C13H16BrF3/c1-2-3-4-5-6-10-7-8-11(14)9-12(10)13(15,16)17/h7-9H,2-6H2,1H3. The Morgan fingerprint density at radius 1 is 1.12 bits per heavy atom. The van der Waals surface area contributed by atoms with Crippen molar-refractivity contribution in [3.05, 3.63) is 33.8 Å². The Bertz CT molecular complexity index is 358. The summed E-state index contributed by atoms with van der Waals surface area (Å²) in [6.45, 7) is 2.08. The number of hydrogen-bond acceptors (Lipinski definition) is 0. The molecule has 0 saturated heterocycles. The molecule has 1 aromatic carbocycles. The quantitative estimate of drug-likeness (QED) is 0.622. The van der Waals surface area contributed by atoms with E-state index < -0.39 is 11.7 Å². The maximum Gasteiger partial charge on any atom is 0.416 e. The minimum atomic E-state index is -4.26. The van der Waals surface area contributed by atoms with Crippen molar-refractivity contribution in [1.29, 1.82) is 0 Å². The summed E-state index contributed by atoms with van der Waals surface area (Å²) in [7, 11) is 0. The lowest BCUT2D eigenvalue weighted by atomic mass is 10.0. The molecule has 0 spiro atoms. The number of hydrogen-bond donors (Lipinski definition) is 0. The van der Waals surface area contributed by atoms with Gasteiger partial charge in [0.1, 0.15) is 0 Å². The number of alkyl halides is 3. The fourth-order valence-electron chi connectivity index (χ4n) is 1.77. The third kappa shape index (κ3) is 4.70. The molecule has 0 N–H and O–H groups in total. The Labute approximate surface area is 108 Å². The lowest BCUT2D eigenvalue weighted by Crippen LogP contribution is -2.09. The highest BCUT2D eigenvalue weighted by atomic mass is 79.9. The van der Waals surface area contributed by atoms with Gasteiger partial charge in [-0.25, -0.2) is 0 Å². The van der Waals surface area contributed by atoms with Gasteiger partial charge >= 0.3 is 6.18 Å². The van der Waals surface area contributed by atoms with Crippen LogP contribution >= 0.6 is 15.9 Å². The van der Waals surface area contributed by atoms with Crippen molar-refractivity contribution in [3.63, 3.8) is 0 Å². The molecule has 0 atom stereocenters. The molecule has 0 aliphatic heterocycles. The Balaban J connectivity index is 2.77. The van der Waals surface area contributed by atoms with E-state index in [0.717, 1.165) is 31.7 Å². The van der Waals surface area contributed by atoms with Crippen molar-refractivity contribution in [1.82, 2.24) is 0 Å². The lowest BCUT2D eigenvalue weighted by molar-refractivity contribution is -0.138. The Kier molecular flexibility index (Phi) is 5.50. The third-order valence-electron chi connectivity index (χ3n) is 2.68. The van der Waals surface area contributed by atoms with Gasteiger partial charge in [-0.15, -0.1) is 0 Å². The fourth-order valence-corrected chi connectivity index (χ4v) is 2.13. The highest BCUT2D eigenvalue weighted by Crippen LogP contribution is 2.34. The first-order chi connectivity index (χ1) is 7.95. The summed E-state index contributed by atoms with van der Waals surface area (Å²) in [4.78, 5) is 0. The van der Waals surface area contributed by atoms with Gasteiger partial charge in [-0.3, -0.25) is 0 Å². The molecule has 0 nitrogen and oxygen atoms in total. The summed E-state index contributed by atoms with van der Waals surface area (Å²) in [5, 5.41) is 0. The number of benzene rings is 1. The third-order valence-corrected chi connectivity index (χ3v) is 3.17. The second kappa shape index (κ2) is 6.43. The topological polar surface area (TPSA) is 0 Å². The fraction of sp³-hybridized carbons (Fsp3) is 0.538. The van der Waals surface area contributed by atoms with E-state index in [1.54, 1.807) is 12.1 Å². The molecule has 17 heavy (non-hydrogen) atoms. The van der Waals surface area contributed by atoms with Gasteiger partial charge in [0.15, 0.2) is 0 Å². The van der Waals surface area contributed by atoms with E-state index in [1.807, 2.05) is 0 Å². The first-order valence-corrected chi connectivity index (χ1v) is 6.60. The predicted molar refractivity (Wildman–Crippen MR) is 67.0 cm³/mol.